The number of unbranched alkanes of at least 4 members (excludes halogenated alkanes) is 1. The molecular weight excluding hydrogens is 247 g/mol. The zero-order chi connectivity index (χ0) is 14.1. The first kappa shape index (κ1) is 15.4. The average molecular weight is 268 g/mol. The molecule has 1 aromatic rings. The molecule has 0 aliphatic rings. The van der Waals surface area contributed by atoms with E-state index < -0.39 is 0 Å². The van der Waals surface area contributed by atoms with Gasteiger partial charge in [0.2, 0.25) is 5.91 Å². The van der Waals surface area contributed by atoms with Crippen LogP contribution >= 0.6 is 0 Å². The van der Waals surface area contributed by atoms with E-state index in [-0.39, 0.29) is 11.7 Å². The Kier molecular flexibility index (Phi) is 6.89. The van der Waals surface area contributed by atoms with E-state index in [9.17, 15) is 9.18 Å². The van der Waals surface area contributed by atoms with Gasteiger partial charge in [-0.1, -0.05) is 6.07 Å². The standard InChI is InChI=1S/C14H21FN2O2/c1-17(14(18)7-2-3-8-16)9-10-19-13-6-4-5-12(15)11-13/h4-6,11H,2-3,7-10,16H2,1H3. The number of likely N-dealkylation sites (N-methyl/N-ethyl adjacent to an activating group) is 1. The molecule has 0 fully saturated rings. The second kappa shape index (κ2) is 8.48. The quantitative estimate of drug-likeness (QED) is 0.731. The van der Waals surface area contributed by atoms with Crippen molar-refractivity contribution >= 4 is 5.91 Å². The van der Waals surface area contributed by atoms with Crippen LogP contribution in [0.15, 0.2) is 24.3 Å². The van der Waals surface area contributed by atoms with Crippen LogP contribution in [-0.2, 0) is 4.79 Å². The number of nitrogens with two attached hydrogens (primary N) is 1. The second-order valence-corrected chi connectivity index (χ2v) is 4.37. The first-order valence-electron chi connectivity index (χ1n) is 6.46. The van der Waals surface area contributed by atoms with Crippen LogP contribution in [-0.4, -0.2) is 37.6 Å². The fourth-order valence-electron chi connectivity index (χ4n) is 1.59. The monoisotopic (exact) mass is 268 g/mol. The van der Waals surface area contributed by atoms with Gasteiger partial charge in [-0.3, -0.25) is 4.79 Å². The summed E-state index contributed by atoms with van der Waals surface area (Å²) in [5, 5.41) is 0. The van der Waals surface area contributed by atoms with E-state index in [2.05, 4.69) is 0 Å². The third kappa shape index (κ3) is 6.20. The summed E-state index contributed by atoms with van der Waals surface area (Å²) < 4.78 is 18.3. The normalized spacial score (nSPS) is 10.3. The van der Waals surface area contributed by atoms with Crippen molar-refractivity contribution in [3.8, 4) is 5.75 Å². The van der Waals surface area contributed by atoms with Crippen molar-refractivity contribution in [3.63, 3.8) is 0 Å². The number of benzene rings is 1. The van der Waals surface area contributed by atoms with Crippen molar-refractivity contribution in [1.82, 2.24) is 4.90 Å². The molecule has 106 valence electrons. The van der Waals surface area contributed by atoms with Gasteiger partial charge in [0, 0.05) is 19.5 Å². The van der Waals surface area contributed by atoms with Crippen LogP contribution in [0.25, 0.3) is 0 Å². The molecule has 0 bridgehead atoms. The Bertz CT molecular complexity index is 399. The average Bonchev–Trinajstić information content (AvgIpc) is 2.39. The van der Waals surface area contributed by atoms with E-state index >= 15 is 0 Å². The molecule has 0 aromatic heterocycles. The topological polar surface area (TPSA) is 55.6 Å². The predicted molar refractivity (Wildman–Crippen MR) is 72.4 cm³/mol. The molecule has 0 heterocycles. The summed E-state index contributed by atoms with van der Waals surface area (Å²) in [5.74, 6) is 0.226. The molecule has 1 aromatic carbocycles. The van der Waals surface area contributed by atoms with Gasteiger partial charge >= 0.3 is 0 Å². The Balaban J connectivity index is 2.23. The number of carbonyl (C=O) groups is 1. The Morgan fingerprint density at radius 3 is 2.89 bits per heavy atom. The van der Waals surface area contributed by atoms with Crippen molar-refractivity contribution in [2.24, 2.45) is 5.73 Å². The van der Waals surface area contributed by atoms with Crippen LogP contribution in [0.2, 0.25) is 0 Å². The Morgan fingerprint density at radius 2 is 2.21 bits per heavy atom. The van der Waals surface area contributed by atoms with Gasteiger partial charge < -0.3 is 15.4 Å². The van der Waals surface area contributed by atoms with Crippen LogP contribution in [0, 0.1) is 5.82 Å². The number of hydrogen-bond donors (Lipinski definition) is 1. The first-order valence-corrected chi connectivity index (χ1v) is 6.46. The molecule has 0 saturated carbocycles. The van der Waals surface area contributed by atoms with Gasteiger partial charge in [0.05, 0.1) is 6.54 Å². The van der Waals surface area contributed by atoms with E-state index in [4.69, 9.17) is 10.5 Å². The minimum absolute atomic E-state index is 0.0799. The SMILES string of the molecule is CN(CCOc1cccc(F)c1)C(=O)CCCCN. The number of ether oxygens (including phenoxy) is 1. The molecule has 1 amide bonds. The maximum atomic E-state index is 12.9. The van der Waals surface area contributed by atoms with Crippen LogP contribution in [0.5, 0.6) is 5.75 Å². The van der Waals surface area contributed by atoms with E-state index in [0.29, 0.717) is 31.9 Å². The lowest BCUT2D eigenvalue weighted by molar-refractivity contribution is -0.130. The van der Waals surface area contributed by atoms with Gasteiger partial charge in [0.15, 0.2) is 0 Å². The van der Waals surface area contributed by atoms with Gasteiger partial charge in [0.1, 0.15) is 18.2 Å². The van der Waals surface area contributed by atoms with Crippen molar-refractivity contribution < 1.29 is 13.9 Å². The molecule has 19 heavy (non-hydrogen) atoms. The zero-order valence-electron chi connectivity index (χ0n) is 11.3. The number of carbonyl (C=O) groups excluding carboxylic acids is 1. The third-order valence-corrected chi connectivity index (χ3v) is 2.76. The van der Waals surface area contributed by atoms with E-state index in [0.717, 1.165) is 12.8 Å². The molecule has 0 saturated heterocycles. The van der Waals surface area contributed by atoms with Crippen LogP contribution < -0.4 is 10.5 Å². The highest BCUT2D eigenvalue weighted by Crippen LogP contribution is 2.11. The molecule has 0 aliphatic carbocycles. The summed E-state index contributed by atoms with van der Waals surface area (Å²) >= 11 is 0. The number of halogens is 1. The number of hydrogen-bond acceptors (Lipinski definition) is 3. The van der Waals surface area contributed by atoms with Gasteiger partial charge in [0.25, 0.3) is 0 Å². The first-order chi connectivity index (χ1) is 9.13. The lowest BCUT2D eigenvalue weighted by Gasteiger charge is -2.17. The van der Waals surface area contributed by atoms with Gasteiger partial charge in [-0.2, -0.15) is 0 Å². The number of nitrogens with zero attached hydrogens (tertiary/aromatic N) is 1. The molecule has 2 N–H and O–H groups in total. The summed E-state index contributed by atoms with van der Waals surface area (Å²) in [5.41, 5.74) is 5.37. The van der Waals surface area contributed by atoms with Gasteiger partial charge in [-0.25, -0.2) is 4.39 Å². The smallest absolute Gasteiger partial charge is 0.222 e. The second-order valence-electron chi connectivity index (χ2n) is 4.37. The lowest BCUT2D eigenvalue weighted by atomic mass is 10.2. The Hall–Kier alpha value is -1.62. The fraction of sp³-hybridized carbons (Fsp3) is 0.500. The minimum Gasteiger partial charge on any atom is -0.492 e. The van der Waals surface area contributed by atoms with Gasteiger partial charge in [-0.15, -0.1) is 0 Å². The number of rotatable bonds is 8. The zero-order valence-corrected chi connectivity index (χ0v) is 11.3. The maximum Gasteiger partial charge on any atom is 0.222 e. The lowest BCUT2D eigenvalue weighted by Crippen LogP contribution is -2.30. The highest BCUT2D eigenvalue weighted by Gasteiger charge is 2.08. The summed E-state index contributed by atoms with van der Waals surface area (Å²) in [6.45, 7) is 1.44. The van der Waals surface area contributed by atoms with Crippen molar-refractivity contribution in [2.45, 2.75) is 19.3 Å². The predicted octanol–water partition coefficient (Wildman–Crippen LogP) is 1.79. The highest BCUT2D eigenvalue weighted by molar-refractivity contribution is 5.75. The van der Waals surface area contributed by atoms with E-state index in [1.165, 1.54) is 12.1 Å². The maximum absolute atomic E-state index is 12.9. The summed E-state index contributed by atoms with van der Waals surface area (Å²) in [6.07, 6.45) is 2.18. The fourth-order valence-corrected chi connectivity index (χ4v) is 1.59. The molecule has 0 aliphatic heterocycles. The van der Waals surface area contributed by atoms with Crippen LogP contribution in [0.1, 0.15) is 19.3 Å². The molecule has 1 rings (SSSR count). The molecule has 0 spiro atoms. The summed E-state index contributed by atoms with van der Waals surface area (Å²) in [7, 11) is 1.74. The third-order valence-electron chi connectivity index (χ3n) is 2.76. The highest BCUT2D eigenvalue weighted by atomic mass is 19.1. The molecule has 4 nitrogen and oxygen atoms in total. The minimum atomic E-state index is -0.330. The van der Waals surface area contributed by atoms with Crippen LogP contribution in [0.4, 0.5) is 4.39 Å². The summed E-state index contributed by atoms with van der Waals surface area (Å²) in [4.78, 5) is 13.3. The van der Waals surface area contributed by atoms with Crippen molar-refractivity contribution in [1.29, 1.82) is 0 Å². The van der Waals surface area contributed by atoms with E-state index in [1.54, 1.807) is 24.1 Å². The summed E-state index contributed by atoms with van der Waals surface area (Å²) in [6, 6.07) is 5.96. The van der Waals surface area contributed by atoms with Crippen LogP contribution in [0.3, 0.4) is 0 Å². The molecule has 0 atom stereocenters. The Labute approximate surface area is 113 Å². The van der Waals surface area contributed by atoms with Crippen molar-refractivity contribution in [3.05, 3.63) is 30.1 Å². The largest absolute Gasteiger partial charge is 0.492 e. The van der Waals surface area contributed by atoms with Gasteiger partial charge in [-0.05, 0) is 31.5 Å². The molecular formula is C14H21FN2O2. The molecule has 0 unspecified atom stereocenters. The molecule has 5 heteroatoms. The number of amides is 1. The van der Waals surface area contributed by atoms with Crippen molar-refractivity contribution in [2.75, 3.05) is 26.7 Å². The van der Waals surface area contributed by atoms with E-state index in [1.807, 2.05) is 0 Å². The Morgan fingerprint density at radius 1 is 1.42 bits per heavy atom. The molecule has 0 radical (unpaired) electrons.